The van der Waals surface area contributed by atoms with Crippen LogP contribution in [0.1, 0.15) is 66.7 Å². The number of ether oxygens (including phenoxy) is 3. The van der Waals surface area contributed by atoms with E-state index in [1.54, 1.807) is 0 Å². The molecule has 0 amide bonds. The van der Waals surface area contributed by atoms with Gasteiger partial charge >= 0.3 is 0 Å². The van der Waals surface area contributed by atoms with E-state index in [0.717, 1.165) is 19.4 Å². The third-order valence-corrected chi connectivity index (χ3v) is 13.6. The molecule has 4 heterocycles. The van der Waals surface area contributed by atoms with Crippen molar-refractivity contribution >= 4 is 0 Å². The summed E-state index contributed by atoms with van der Waals surface area (Å²) >= 11 is 0. The first kappa shape index (κ1) is 27.2. The highest BCUT2D eigenvalue weighted by atomic mass is 16.8. The Morgan fingerprint density at radius 1 is 0.825 bits per heavy atom. The second-order valence-corrected chi connectivity index (χ2v) is 15.9. The lowest BCUT2D eigenvalue weighted by Gasteiger charge is -2.63. The van der Waals surface area contributed by atoms with Crippen LogP contribution in [-0.2, 0) is 14.2 Å². The molecule has 10 nitrogen and oxygen atoms in total. The van der Waals surface area contributed by atoms with Gasteiger partial charge in [-0.1, -0.05) is 13.8 Å². The molecule has 4 bridgehead atoms. The van der Waals surface area contributed by atoms with Gasteiger partial charge in [-0.25, -0.2) is 0 Å². The molecule has 0 radical (unpaired) electrons. The zero-order chi connectivity index (χ0) is 28.6. The van der Waals surface area contributed by atoms with Gasteiger partial charge in [0.1, 0.15) is 17.8 Å². The number of hydrogen-bond donors (Lipinski definition) is 6. The summed E-state index contributed by atoms with van der Waals surface area (Å²) in [6, 6.07) is -0.0728. The van der Waals surface area contributed by atoms with Gasteiger partial charge in [0.05, 0.1) is 35.4 Å². The number of rotatable bonds is 0. The number of nitrogens with zero attached hydrogens (tertiary/aromatic N) is 1. The minimum atomic E-state index is -2.00. The molecule has 8 aliphatic rings. The van der Waals surface area contributed by atoms with Crippen LogP contribution in [0, 0.1) is 40.9 Å². The molecule has 10 heteroatoms. The van der Waals surface area contributed by atoms with Crippen LogP contribution in [-0.4, -0.2) is 114 Å². The maximum atomic E-state index is 12.3. The van der Waals surface area contributed by atoms with Gasteiger partial charge in [0.25, 0.3) is 0 Å². The average Bonchev–Trinajstić information content (AvgIpc) is 3.33. The van der Waals surface area contributed by atoms with Crippen molar-refractivity contribution in [3.63, 3.8) is 0 Å². The summed E-state index contributed by atoms with van der Waals surface area (Å²) in [4.78, 5) is 2.39. The lowest BCUT2D eigenvalue weighted by atomic mass is 9.48. The van der Waals surface area contributed by atoms with Gasteiger partial charge in [0.15, 0.2) is 11.6 Å². The summed E-state index contributed by atoms with van der Waals surface area (Å²) in [5.41, 5.74) is -4.28. The zero-order valence-electron chi connectivity index (χ0n) is 24.2. The van der Waals surface area contributed by atoms with Crippen LogP contribution in [0.4, 0.5) is 0 Å². The molecule has 6 N–H and O–H groups in total. The fourth-order valence-electron chi connectivity index (χ4n) is 12.5. The predicted molar refractivity (Wildman–Crippen MR) is 139 cm³/mol. The molecular weight excluding hydrogens is 518 g/mol. The monoisotopic (exact) mass is 565 g/mol. The Morgan fingerprint density at radius 3 is 2.25 bits per heavy atom. The molecule has 0 aromatic heterocycles. The van der Waals surface area contributed by atoms with E-state index in [-0.39, 0.29) is 17.9 Å². The fourth-order valence-corrected chi connectivity index (χ4v) is 12.5. The minimum absolute atomic E-state index is 0.0728. The molecule has 4 aliphatic heterocycles. The summed E-state index contributed by atoms with van der Waals surface area (Å²) in [7, 11) is 0. The quantitative estimate of drug-likeness (QED) is 0.236. The summed E-state index contributed by atoms with van der Waals surface area (Å²) < 4.78 is 20.2. The van der Waals surface area contributed by atoms with Crippen LogP contribution in [0.5, 0.6) is 0 Å². The minimum Gasteiger partial charge on any atom is -0.390 e. The number of piperidine rings is 2. The summed E-state index contributed by atoms with van der Waals surface area (Å²) in [5, 5.41) is 71.0. The number of fused-ring (bicyclic) bond motifs is 3. The number of hydrogen-bond acceptors (Lipinski definition) is 10. The normalized spacial score (nSPS) is 67.0. The molecule has 226 valence electrons. The van der Waals surface area contributed by atoms with Crippen molar-refractivity contribution in [2.24, 2.45) is 40.9 Å². The standard InChI is InChI=1S/C30H47NO9/c1-13-6-7-16-27(5,36)18-14(12-31(16)11-13)15-10-28-23(29(15)24(19(18)33)38-25(2,3)39-29)21(35)20(34)22-26(28,4)9-8-17(32)30(22,37)40-28/h13-24,32-37H,6-12H2,1-5H3/t13-,14-,15-,16-,17-,18?,19+,20-,21+,22?,23?,24-,26-,27+,28+,29-,30+/m0/s1. The highest BCUT2D eigenvalue weighted by Gasteiger charge is 2.90. The molecule has 8 fully saturated rings. The Hall–Kier alpha value is -0.400. The van der Waals surface area contributed by atoms with Gasteiger partial charge < -0.3 is 44.8 Å². The third-order valence-electron chi connectivity index (χ3n) is 13.6. The van der Waals surface area contributed by atoms with E-state index >= 15 is 0 Å². The SMILES string of the molecule is C[C@H]1CC[C@@H]2N(C1)C[C@@H]1C([C@@H](O)[C@@H]3OC(C)(C)O[C@@]34C3[C@H](O)[C@H](O)C5[C@]6(O)O[C@@]3(C[C@@H]14)[C@@]5(C)CC[C@@H]6O)[C@]2(C)O. The molecule has 3 unspecified atom stereocenters. The first-order chi connectivity index (χ1) is 18.6. The van der Waals surface area contributed by atoms with Crippen LogP contribution in [0.15, 0.2) is 0 Å². The first-order valence-corrected chi connectivity index (χ1v) is 15.5. The lowest BCUT2D eigenvalue weighted by molar-refractivity contribution is -0.288. The summed E-state index contributed by atoms with van der Waals surface area (Å²) in [6.45, 7) is 11.3. The smallest absolute Gasteiger partial charge is 0.198 e. The molecule has 4 saturated carbocycles. The van der Waals surface area contributed by atoms with Crippen molar-refractivity contribution < 1.29 is 44.8 Å². The van der Waals surface area contributed by atoms with Crippen molar-refractivity contribution in [2.75, 3.05) is 13.1 Å². The highest BCUT2D eigenvalue weighted by molar-refractivity contribution is 5.36. The Labute approximate surface area is 235 Å². The third kappa shape index (κ3) is 2.74. The predicted octanol–water partition coefficient (Wildman–Crippen LogP) is -0.0450. The molecule has 4 aliphatic carbocycles. The topological polar surface area (TPSA) is 152 Å². The van der Waals surface area contributed by atoms with E-state index in [4.69, 9.17) is 14.2 Å². The molecule has 4 saturated heterocycles. The van der Waals surface area contributed by atoms with E-state index in [9.17, 15) is 30.6 Å². The van der Waals surface area contributed by atoms with Crippen molar-refractivity contribution in [3.8, 4) is 0 Å². The van der Waals surface area contributed by atoms with E-state index in [1.165, 1.54) is 0 Å². The van der Waals surface area contributed by atoms with Crippen molar-refractivity contribution in [3.05, 3.63) is 0 Å². The lowest BCUT2D eigenvalue weighted by Crippen LogP contribution is -2.76. The van der Waals surface area contributed by atoms with Crippen LogP contribution in [0.3, 0.4) is 0 Å². The average molecular weight is 566 g/mol. The van der Waals surface area contributed by atoms with E-state index in [0.29, 0.717) is 31.7 Å². The molecule has 40 heavy (non-hydrogen) atoms. The van der Waals surface area contributed by atoms with Gasteiger partial charge in [-0.15, -0.1) is 0 Å². The maximum absolute atomic E-state index is 12.3. The fraction of sp³-hybridized carbons (Fsp3) is 1.00. The largest absolute Gasteiger partial charge is 0.390 e. The first-order valence-electron chi connectivity index (χ1n) is 15.5. The van der Waals surface area contributed by atoms with Gasteiger partial charge in [0, 0.05) is 36.4 Å². The maximum Gasteiger partial charge on any atom is 0.198 e. The molecule has 17 atom stereocenters. The van der Waals surface area contributed by atoms with Crippen molar-refractivity contribution in [1.29, 1.82) is 0 Å². The van der Waals surface area contributed by atoms with E-state index in [2.05, 4.69) is 11.8 Å². The number of aliphatic hydroxyl groups is 6. The summed E-state index contributed by atoms with van der Waals surface area (Å²) in [6.07, 6.45) is -2.68. The highest BCUT2D eigenvalue weighted by Crippen LogP contribution is 2.78. The van der Waals surface area contributed by atoms with Crippen molar-refractivity contribution in [1.82, 2.24) is 4.90 Å². The summed E-state index contributed by atoms with van der Waals surface area (Å²) in [5.74, 6) is -5.26. The zero-order valence-corrected chi connectivity index (χ0v) is 24.2. The van der Waals surface area contributed by atoms with Crippen LogP contribution in [0.25, 0.3) is 0 Å². The van der Waals surface area contributed by atoms with Gasteiger partial charge in [-0.2, -0.15) is 0 Å². The van der Waals surface area contributed by atoms with Crippen LogP contribution in [0.2, 0.25) is 0 Å². The van der Waals surface area contributed by atoms with Gasteiger partial charge in [-0.3, -0.25) is 4.90 Å². The second kappa shape index (κ2) is 7.62. The van der Waals surface area contributed by atoms with Crippen LogP contribution >= 0.6 is 0 Å². The molecule has 0 aromatic carbocycles. The molecule has 0 aromatic rings. The Kier molecular flexibility index (Phi) is 5.18. The molecule has 2 spiro atoms. The van der Waals surface area contributed by atoms with Gasteiger partial charge in [-0.05, 0) is 70.6 Å². The van der Waals surface area contributed by atoms with Crippen LogP contribution < -0.4 is 0 Å². The van der Waals surface area contributed by atoms with E-state index < -0.39 is 82.1 Å². The Bertz CT molecular complexity index is 1120. The van der Waals surface area contributed by atoms with Gasteiger partial charge in [0.2, 0.25) is 0 Å². The Morgan fingerprint density at radius 2 is 1.52 bits per heavy atom. The molecule has 8 rings (SSSR count). The van der Waals surface area contributed by atoms with E-state index in [1.807, 2.05) is 27.7 Å². The number of aliphatic hydroxyl groups excluding tert-OH is 4. The van der Waals surface area contributed by atoms with Crippen molar-refractivity contribution in [2.45, 2.75) is 132 Å². The second-order valence-electron chi connectivity index (χ2n) is 15.9. The molecular formula is C30H47NO9. The Balaban J connectivity index is 1.34.